The van der Waals surface area contributed by atoms with Crippen LogP contribution >= 0.6 is 15.9 Å². The van der Waals surface area contributed by atoms with Crippen LogP contribution in [0.15, 0.2) is 52.1 Å². The number of pyridine rings is 1. The molecule has 0 fully saturated rings. The zero-order chi connectivity index (χ0) is 17.7. The average Bonchev–Trinajstić information content (AvgIpc) is 2.60. The second kappa shape index (κ2) is 8.06. The number of rotatable bonds is 3. The van der Waals surface area contributed by atoms with Gasteiger partial charge in [-0.2, -0.15) is 0 Å². The number of benzene rings is 1. The Morgan fingerprint density at radius 3 is 2.54 bits per heavy atom. The summed E-state index contributed by atoms with van der Waals surface area (Å²) in [6.07, 6.45) is 3.27. The van der Waals surface area contributed by atoms with Crippen molar-refractivity contribution in [2.24, 2.45) is 0 Å². The smallest absolute Gasteiger partial charge is 0.339 e. The zero-order valence-corrected chi connectivity index (χ0v) is 15.9. The fraction of sp³-hybridized carbons (Fsp3) is 0.278. The van der Waals surface area contributed by atoms with Crippen molar-refractivity contribution < 1.29 is 9.57 Å². The van der Waals surface area contributed by atoms with Crippen LogP contribution in [0.5, 0.6) is 0 Å². The molecule has 6 heteroatoms. The Bertz CT molecular complexity index is 889. The summed E-state index contributed by atoms with van der Waals surface area (Å²) >= 11 is 3.38. The van der Waals surface area contributed by atoms with Crippen LogP contribution in [0.3, 0.4) is 0 Å². The molecule has 0 atom stereocenters. The highest BCUT2D eigenvalue weighted by atomic mass is 79.9. The monoisotopic (exact) mass is 390 g/mol. The number of aromatic nitrogens is 3. The molecule has 3 rings (SSSR count). The Morgan fingerprint density at radius 1 is 1.25 bits per heavy atom. The first kappa shape index (κ1) is 18.1. The molecule has 5 nitrogen and oxygen atoms in total. The third kappa shape index (κ3) is 3.82. The van der Waals surface area contributed by atoms with E-state index in [1.165, 1.54) is 17.4 Å². The van der Waals surface area contributed by atoms with Crippen LogP contribution in [-0.2, 0) is 6.54 Å². The minimum Gasteiger partial charge on any atom is -0.339 e. The van der Waals surface area contributed by atoms with E-state index in [0.29, 0.717) is 17.6 Å². The minimum absolute atomic E-state index is 0.0994. The molecule has 0 spiro atoms. The van der Waals surface area contributed by atoms with E-state index in [2.05, 4.69) is 20.9 Å². The lowest BCUT2D eigenvalue weighted by Gasteiger charge is -2.05. The van der Waals surface area contributed by atoms with E-state index in [9.17, 15) is 4.79 Å². The maximum Gasteiger partial charge on any atom is 0.376 e. The molecule has 2 aromatic heterocycles. The van der Waals surface area contributed by atoms with Gasteiger partial charge in [-0.3, -0.25) is 9.36 Å². The van der Waals surface area contributed by atoms with E-state index in [4.69, 9.17) is 4.84 Å². The van der Waals surface area contributed by atoms with Crippen LogP contribution in [0.1, 0.15) is 25.0 Å². The average molecular weight is 391 g/mol. The second-order valence-corrected chi connectivity index (χ2v) is 5.98. The number of halogens is 1. The quantitative estimate of drug-likeness (QED) is 0.646. The molecule has 0 aliphatic heterocycles. The van der Waals surface area contributed by atoms with Crippen molar-refractivity contribution in [3.63, 3.8) is 0 Å². The van der Waals surface area contributed by atoms with E-state index in [0.717, 1.165) is 10.0 Å². The van der Waals surface area contributed by atoms with Gasteiger partial charge in [-0.15, -0.1) is 0 Å². The number of hydrogen-bond donors (Lipinski definition) is 0. The van der Waals surface area contributed by atoms with Gasteiger partial charge in [0, 0.05) is 0 Å². The molecule has 126 valence electrons. The molecule has 0 bridgehead atoms. The van der Waals surface area contributed by atoms with Crippen molar-refractivity contribution in [1.82, 2.24) is 9.55 Å². The molecular weight excluding hydrogens is 370 g/mol. The Kier molecular flexibility index (Phi) is 6.09. The van der Waals surface area contributed by atoms with E-state index in [1.807, 2.05) is 45.0 Å². The first-order chi connectivity index (χ1) is 11.6. The van der Waals surface area contributed by atoms with Gasteiger partial charge in [-0.05, 0) is 44.2 Å². The number of fused-ring (bicyclic) bond motifs is 1. The highest BCUT2D eigenvalue weighted by molar-refractivity contribution is 9.10. The Hall–Kier alpha value is -2.21. The largest absolute Gasteiger partial charge is 0.376 e. The number of nitrogens with zero attached hydrogens (tertiary/aromatic N) is 3. The maximum absolute atomic E-state index is 12.7. The van der Waals surface area contributed by atoms with E-state index in [1.54, 1.807) is 23.2 Å². The van der Waals surface area contributed by atoms with Gasteiger partial charge in [0.1, 0.15) is 12.5 Å². The molecule has 0 radical (unpaired) electrons. The Balaban J connectivity index is 0.00000100. The summed E-state index contributed by atoms with van der Waals surface area (Å²) in [5, 5.41) is 0.505. The first-order valence-electron chi connectivity index (χ1n) is 7.79. The number of aryl methyl sites for hydroxylation is 1. The Morgan fingerprint density at radius 2 is 1.92 bits per heavy atom. The van der Waals surface area contributed by atoms with Crippen LogP contribution in [-0.4, -0.2) is 16.7 Å². The fourth-order valence-corrected chi connectivity index (χ4v) is 2.70. The minimum atomic E-state index is -0.0994. The third-order valence-electron chi connectivity index (χ3n) is 3.45. The van der Waals surface area contributed by atoms with Gasteiger partial charge in [-0.1, -0.05) is 43.7 Å². The SMILES string of the molecule is CC.CO[n+]1cc(Br)cc2c(=O)n(Cc3ccc(C)cc3)cnc21. The maximum atomic E-state index is 12.7. The molecule has 3 aromatic rings. The van der Waals surface area contributed by atoms with Gasteiger partial charge in [0.05, 0.1) is 11.0 Å². The lowest BCUT2D eigenvalue weighted by Crippen LogP contribution is -2.43. The predicted octanol–water partition coefficient (Wildman–Crippen LogP) is 2.89. The first-order valence-corrected chi connectivity index (χ1v) is 8.58. The highest BCUT2D eigenvalue weighted by Gasteiger charge is 2.17. The van der Waals surface area contributed by atoms with Crippen LogP contribution in [0.4, 0.5) is 0 Å². The summed E-state index contributed by atoms with van der Waals surface area (Å²) in [6.45, 7) is 6.52. The summed E-state index contributed by atoms with van der Waals surface area (Å²) in [5.74, 6) is 0. The second-order valence-electron chi connectivity index (χ2n) is 5.07. The normalized spacial score (nSPS) is 10.2. The summed E-state index contributed by atoms with van der Waals surface area (Å²) in [7, 11) is 1.53. The molecule has 0 aliphatic carbocycles. The molecule has 0 N–H and O–H groups in total. The van der Waals surface area contributed by atoms with E-state index >= 15 is 0 Å². The van der Waals surface area contributed by atoms with Crippen molar-refractivity contribution >= 4 is 27.0 Å². The molecule has 0 unspecified atom stereocenters. The summed E-state index contributed by atoms with van der Waals surface area (Å²) < 4.78 is 3.82. The lowest BCUT2D eigenvalue weighted by molar-refractivity contribution is -0.867. The molecule has 0 saturated heterocycles. The van der Waals surface area contributed by atoms with Crippen molar-refractivity contribution in [3.05, 3.63) is 68.8 Å². The molecular formula is C18H21BrN3O2+. The Labute approximate surface area is 149 Å². The number of hydrogen-bond acceptors (Lipinski definition) is 3. The van der Waals surface area contributed by atoms with Gasteiger partial charge in [0.2, 0.25) is 6.33 Å². The molecule has 0 saturated carbocycles. The van der Waals surface area contributed by atoms with Gasteiger partial charge < -0.3 is 4.84 Å². The predicted molar refractivity (Wildman–Crippen MR) is 98.0 cm³/mol. The van der Waals surface area contributed by atoms with Crippen LogP contribution in [0.25, 0.3) is 11.0 Å². The molecule has 0 aliphatic rings. The summed E-state index contributed by atoms with van der Waals surface area (Å²) in [5.41, 5.74) is 2.65. The summed E-state index contributed by atoms with van der Waals surface area (Å²) in [6, 6.07) is 9.85. The zero-order valence-electron chi connectivity index (χ0n) is 14.3. The summed E-state index contributed by atoms with van der Waals surface area (Å²) in [4.78, 5) is 22.2. The van der Waals surface area contributed by atoms with Crippen LogP contribution in [0, 0.1) is 6.92 Å². The van der Waals surface area contributed by atoms with Crippen LogP contribution < -0.4 is 15.1 Å². The van der Waals surface area contributed by atoms with Crippen molar-refractivity contribution in [2.75, 3.05) is 7.11 Å². The van der Waals surface area contributed by atoms with E-state index in [-0.39, 0.29) is 5.56 Å². The highest BCUT2D eigenvalue weighted by Crippen LogP contribution is 2.11. The molecule has 24 heavy (non-hydrogen) atoms. The van der Waals surface area contributed by atoms with Gasteiger partial charge in [0.15, 0.2) is 6.20 Å². The molecule has 2 heterocycles. The fourth-order valence-electron chi connectivity index (χ4n) is 2.29. The topological polar surface area (TPSA) is 48.0 Å². The van der Waals surface area contributed by atoms with Crippen molar-refractivity contribution in [2.45, 2.75) is 27.3 Å². The van der Waals surface area contributed by atoms with Crippen molar-refractivity contribution in [3.8, 4) is 0 Å². The third-order valence-corrected chi connectivity index (χ3v) is 3.89. The van der Waals surface area contributed by atoms with Gasteiger partial charge in [-0.25, -0.2) is 0 Å². The lowest BCUT2D eigenvalue weighted by atomic mass is 10.1. The van der Waals surface area contributed by atoms with Crippen LogP contribution in [0.2, 0.25) is 0 Å². The molecule has 0 amide bonds. The van der Waals surface area contributed by atoms with E-state index < -0.39 is 0 Å². The van der Waals surface area contributed by atoms with Crippen molar-refractivity contribution in [1.29, 1.82) is 0 Å². The van der Waals surface area contributed by atoms with Gasteiger partial charge in [0.25, 0.3) is 5.56 Å². The van der Waals surface area contributed by atoms with Gasteiger partial charge >= 0.3 is 5.65 Å². The standard InChI is InChI=1S/C16H15BrN3O2.C2H6/c1-11-3-5-12(6-4-11)8-19-10-18-15-14(16(19)21)7-13(17)9-20(15)22-2;1-2/h3-7,9-10H,8H2,1-2H3;1-2H3/q+1;. The molecule has 1 aromatic carbocycles.